The van der Waals surface area contributed by atoms with E-state index in [2.05, 4.69) is 0 Å². The number of hydrogen-bond donors (Lipinski definition) is 1. The van der Waals surface area contributed by atoms with Crippen LogP contribution in [0.3, 0.4) is 0 Å². The van der Waals surface area contributed by atoms with E-state index in [1.165, 1.54) is 0 Å². The maximum absolute atomic E-state index is 10.7. The van der Waals surface area contributed by atoms with Crippen molar-refractivity contribution in [2.45, 2.75) is 19.4 Å². The first kappa shape index (κ1) is 12.1. The molecule has 0 aliphatic rings. The molecule has 1 N–H and O–H groups in total. The molecule has 2 rings (SSSR count). The zero-order chi connectivity index (χ0) is 12.5. The first-order valence-corrected chi connectivity index (χ1v) is 6.35. The Kier molecular flexibility index (Phi) is 3.22. The van der Waals surface area contributed by atoms with Gasteiger partial charge in [-0.1, -0.05) is 12.1 Å². The smallest absolute Gasteiger partial charge is 0.121 e. The highest BCUT2D eigenvalue weighted by Crippen LogP contribution is 2.35. The standard InChI is InChI=1S/C14H16O2S/c1-10-7-8-17-13(10)14(2,15)11-5-4-6-12(9-11)16-3/h4-9,15H,1-3H3. The second kappa shape index (κ2) is 4.51. The Morgan fingerprint density at radius 1 is 1.29 bits per heavy atom. The Labute approximate surface area is 105 Å². The van der Waals surface area contributed by atoms with Gasteiger partial charge in [0.25, 0.3) is 0 Å². The van der Waals surface area contributed by atoms with Gasteiger partial charge in [-0.05, 0) is 48.6 Å². The molecule has 0 spiro atoms. The van der Waals surface area contributed by atoms with E-state index in [4.69, 9.17) is 4.74 Å². The third-order valence-corrected chi connectivity index (χ3v) is 4.16. The van der Waals surface area contributed by atoms with Crippen molar-refractivity contribution in [3.8, 4) is 5.75 Å². The first-order chi connectivity index (χ1) is 8.05. The van der Waals surface area contributed by atoms with Crippen molar-refractivity contribution >= 4 is 11.3 Å². The minimum atomic E-state index is -0.965. The van der Waals surface area contributed by atoms with Crippen LogP contribution in [0.5, 0.6) is 5.75 Å². The molecule has 1 aromatic heterocycles. The van der Waals surface area contributed by atoms with Gasteiger partial charge in [-0.3, -0.25) is 0 Å². The summed E-state index contributed by atoms with van der Waals surface area (Å²) in [5.74, 6) is 0.761. The van der Waals surface area contributed by atoms with Crippen LogP contribution in [0.4, 0.5) is 0 Å². The lowest BCUT2D eigenvalue weighted by Gasteiger charge is -2.24. The van der Waals surface area contributed by atoms with E-state index in [0.717, 1.165) is 21.8 Å². The normalized spacial score (nSPS) is 14.4. The number of rotatable bonds is 3. The Morgan fingerprint density at radius 3 is 2.65 bits per heavy atom. The van der Waals surface area contributed by atoms with Crippen LogP contribution in [0.1, 0.15) is 22.9 Å². The second-order valence-electron chi connectivity index (χ2n) is 4.24. The molecule has 2 aromatic rings. The van der Waals surface area contributed by atoms with Crippen molar-refractivity contribution in [1.82, 2.24) is 0 Å². The number of hydrogen-bond acceptors (Lipinski definition) is 3. The maximum Gasteiger partial charge on any atom is 0.121 e. The quantitative estimate of drug-likeness (QED) is 0.903. The molecule has 90 valence electrons. The molecule has 2 nitrogen and oxygen atoms in total. The average molecular weight is 248 g/mol. The van der Waals surface area contributed by atoms with Gasteiger partial charge in [0.1, 0.15) is 11.4 Å². The topological polar surface area (TPSA) is 29.5 Å². The van der Waals surface area contributed by atoms with Crippen molar-refractivity contribution in [1.29, 1.82) is 0 Å². The van der Waals surface area contributed by atoms with E-state index in [0.29, 0.717) is 0 Å². The molecule has 0 saturated heterocycles. The van der Waals surface area contributed by atoms with Gasteiger partial charge in [0.05, 0.1) is 7.11 Å². The monoisotopic (exact) mass is 248 g/mol. The lowest BCUT2D eigenvalue weighted by atomic mass is 9.92. The summed E-state index contributed by atoms with van der Waals surface area (Å²) in [5, 5.41) is 12.7. The highest BCUT2D eigenvalue weighted by atomic mass is 32.1. The number of benzene rings is 1. The maximum atomic E-state index is 10.7. The Bertz CT molecular complexity index is 514. The van der Waals surface area contributed by atoms with Gasteiger partial charge >= 0.3 is 0 Å². The number of thiophene rings is 1. The zero-order valence-corrected chi connectivity index (χ0v) is 11.0. The fraction of sp³-hybridized carbons (Fsp3) is 0.286. The SMILES string of the molecule is COc1cccc(C(C)(O)c2sccc2C)c1. The van der Waals surface area contributed by atoms with E-state index >= 15 is 0 Å². The van der Waals surface area contributed by atoms with Crippen LogP contribution in [-0.2, 0) is 5.60 Å². The van der Waals surface area contributed by atoms with Crippen LogP contribution < -0.4 is 4.74 Å². The zero-order valence-electron chi connectivity index (χ0n) is 10.2. The molecule has 0 aliphatic carbocycles. The van der Waals surface area contributed by atoms with Gasteiger partial charge < -0.3 is 9.84 Å². The van der Waals surface area contributed by atoms with Crippen LogP contribution in [0.25, 0.3) is 0 Å². The molecule has 0 amide bonds. The molecule has 0 fully saturated rings. The predicted molar refractivity (Wildman–Crippen MR) is 70.7 cm³/mol. The Hall–Kier alpha value is -1.32. The summed E-state index contributed by atoms with van der Waals surface area (Å²) in [7, 11) is 1.63. The third kappa shape index (κ3) is 2.21. The van der Waals surface area contributed by atoms with E-state index in [9.17, 15) is 5.11 Å². The van der Waals surface area contributed by atoms with E-state index in [-0.39, 0.29) is 0 Å². The minimum Gasteiger partial charge on any atom is -0.497 e. The molecule has 0 aliphatic heterocycles. The highest BCUT2D eigenvalue weighted by Gasteiger charge is 2.28. The van der Waals surface area contributed by atoms with Crippen LogP contribution in [0, 0.1) is 6.92 Å². The molecular weight excluding hydrogens is 232 g/mol. The van der Waals surface area contributed by atoms with Crippen molar-refractivity contribution in [3.63, 3.8) is 0 Å². The fourth-order valence-electron chi connectivity index (χ4n) is 1.93. The molecule has 1 unspecified atom stereocenters. The molecule has 3 heteroatoms. The van der Waals surface area contributed by atoms with Crippen molar-refractivity contribution in [2.24, 2.45) is 0 Å². The van der Waals surface area contributed by atoms with Gasteiger partial charge in [0, 0.05) is 4.88 Å². The molecule has 0 bridgehead atoms. The number of aryl methyl sites for hydroxylation is 1. The molecule has 0 radical (unpaired) electrons. The lowest BCUT2D eigenvalue weighted by molar-refractivity contribution is 0.105. The van der Waals surface area contributed by atoms with Crippen molar-refractivity contribution in [2.75, 3.05) is 7.11 Å². The Morgan fingerprint density at radius 2 is 2.06 bits per heavy atom. The summed E-state index contributed by atoms with van der Waals surface area (Å²) in [6.07, 6.45) is 0. The molecule has 17 heavy (non-hydrogen) atoms. The number of aliphatic hydroxyl groups is 1. The highest BCUT2D eigenvalue weighted by molar-refractivity contribution is 7.10. The van der Waals surface area contributed by atoms with E-state index < -0.39 is 5.60 Å². The molecular formula is C14H16O2S. The second-order valence-corrected chi connectivity index (χ2v) is 5.15. The molecule has 1 heterocycles. The van der Waals surface area contributed by atoms with Gasteiger partial charge in [-0.2, -0.15) is 0 Å². The fourth-order valence-corrected chi connectivity index (χ4v) is 2.94. The summed E-state index contributed by atoms with van der Waals surface area (Å²) in [6, 6.07) is 9.59. The number of ether oxygens (including phenoxy) is 1. The van der Waals surface area contributed by atoms with Crippen molar-refractivity contribution < 1.29 is 9.84 Å². The average Bonchev–Trinajstić information content (AvgIpc) is 2.76. The third-order valence-electron chi connectivity index (χ3n) is 2.94. The number of methoxy groups -OCH3 is 1. The minimum absolute atomic E-state index is 0.761. The summed E-state index contributed by atoms with van der Waals surface area (Å²) in [5.41, 5.74) is 0.998. The predicted octanol–water partition coefficient (Wildman–Crippen LogP) is 3.32. The summed E-state index contributed by atoms with van der Waals surface area (Å²) in [6.45, 7) is 3.83. The van der Waals surface area contributed by atoms with E-state index in [1.807, 2.05) is 49.6 Å². The van der Waals surface area contributed by atoms with E-state index in [1.54, 1.807) is 18.4 Å². The van der Waals surface area contributed by atoms with Crippen LogP contribution in [0.2, 0.25) is 0 Å². The molecule has 1 atom stereocenters. The van der Waals surface area contributed by atoms with Crippen LogP contribution in [-0.4, -0.2) is 12.2 Å². The van der Waals surface area contributed by atoms with Gasteiger partial charge in [0.15, 0.2) is 0 Å². The Balaban J connectivity index is 2.47. The molecule has 1 aromatic carbocycles. The van der Waals surface area contributed by atoms with Crippen LogP contribution in [0.15, 0.2) is 35.7 Å². The largest absolute Gasteiger partial charge is 0.497 e. The summed E-state index contributed by atoms with van der Waals surface area (Å²) < 4.78 is 5.19. The summed E-state index contributed by atoms with van der Waals surface area (Å²) >= 11 is 1.57. The van der Waals surface area contributed by atoms with Gasteiger partial charge in [-0.25, -0.2) is 0 Å². The van der Waals surface area contributed by atoms with Crippen molar-refractivity contribution in [3.05, 3.63) is 51.7 Å². The first-order valence-electron chi connectivity index (χ1n) is 5.47. The van der Waals surface area contributed by atoms with Gasteiger partial charge in [-0.15, -0.1) is 11.3 Å². The van der Waals surface area contributed by atoms with Crippen LogP contribution >= 0.6 is 11.3 Å². The van der Waals surface area contributed by atoms with Gasteiger partial charge in [0.2, 0.25) is 0 Å². The summed E-state index contributed by atoms with van der Waals surface area (Å²) in [4.78, 5) is 0.978. The lowest BCUT2D eigenvalue weighted by Crippen LogP contribution is -2.22. The molecule has 0 saturated carbocycles.